The molecule has 0 spiro atoms. The Balaban J connectivity index is 1.96. The summed E-state index contributed by atoms with van der Waals surface area (Å²) in [4.78, 5) is 5.41. The maximum atomic E-state index is 12.3. The molecule has 0 saturated carbocycles. The van der Waals surface area contributed by atoms with Gasteiger partial charge in [-0.1, -0.05) is 31.7 Å². The van der Waals surface area contributed by atoms with Crippen molar-refractivity contribution < 1.29 is 4.21 Å². The van der Waals surface area contributed by atoms with E-state index < -0.39 is 10.8 Å². The molecule has 2 N–H and O–H groups in total. The Bertz CT molecular complexity index is 1080. The van der Waals surface area contributed by atoms with E-state index in [4.69, 9.17) is 0 Å². The lowest BCUT2D eigenvalue weighted by atomic mass is 10.3. The third-order valence-electron chi connectivity index (χ3n) is 4.00. The summed E-state index contributed by atoms with van der Waals surface area (Å²) >= 11 is 0. The molecule has 0 aromatic carbocycles. The minimum atomic E-state index is -1.06. The van der Waals surface area contributed by atoms with Crippen LogP contribution >= 0.6 is 0 Å². The van der Waals surface area contributed by atoms with Crippen molar-refractivity contribution in [3.8, 4) is 0 Å². The molecular weight excluding hydrogens is 372 g/mol. The summed E-state index contributed by atoms with van der Waals surface area (Å²) < 4.78 is 14.1. The van der Waals surface area contributed by atoms with Crippen molar-refractivity contribution in [1.82, 2.24) is 24.8 Å². The highest BCUT2D eigenvalue weighted by molar-refractivity contribution is 7.89. The Labute approximate surface area is 166 Å². The Kier molecular flexibility index (Phi) is 6.20. The zero-order valence-corrected chi connectivity index (χ0v) is 17.1. The quantitative estimate of drug-likeness (QED) is 0.566. The lowest BCUT2D eigenvalue weighted by Gasteiger charge is -2.07. The Hall–Kier alpha value is -3.00. The number of aromatic nitrogens is 5. The van der Waals surface area contributed by atoms with Crippen LogP contribution in [0.3, 0.4) is 0 Å². The number of anilines is 2. The van der Waals surface area contributed by atoms with E-state index in [1.807, 2.05) is 55.8 Å². The predicted molar refractivity (Wildman–Crippen MR) is 114 cm³/mol. The average molecular weight is 397 g/mol. The van der Waals surface area contributed by atoms with E-state index in [0.717, 1.165) is 21.7 Å². The van der Waals surface area contributed by atoms with E-state index in [1.54, 1.807) is 12.2 Å². The molecule has 146 valence electrons. The van der Waals surface area contributed by atoms with E-state index in [-0.39, 0.29) is 0 Å². The van der Waals surface area contributed by atoms with E-state index in [2.05, 4.69) is 32.2 Å². The Morgan fingerprint density at radius 1 is 1.39 bits per heavy atom. The lowest BCUT2D eigenvalue weighted by Crippen LogP contribution is -2.06. The predicted octanol–water partition coefficient (Wildman–Crippen LogP) is 3.75. The average Bonchev–Trinajstić information content (AvgIpc) is 3.25. The van der Waals surface area contributed by atoms with Crippen LogP contribution in [0.5, 0.6) is 0 Å². The molecule has 0 aliphatic rings. The van der Waals surface area contributed by atoms with Gasteiger partial charge in [0.15, 0.2) is 17.5 Å². The van der Waals surface area contributed by atoms with Crippen molar-refractivity contribution in [2.24, 2.45) is 0 Å². The SMILES string of the molecule is C=C/C=C\C(=C/Cc1nc(Nc2cc(C)[nH]n2)c2cc(C)cn2n1)S(=O)CC. The van der Waals surface area contributed by atoms with Gasteiger partial charge >= 0.3 is 0 Å². The molecule has 1 unspecified atom stereocenters. The van der Waals surface area contributed by atoms with Crippen LogP contribution in [0, 0.1) is 13.8 Å². The van der Waals surface area contributed by atoms with Crippen molar-refractivity contribution >= 4 is 28.0 Å². The summed E-state index contributed by atoms with van der Waals surface area (Å²) in [5.74, 6) is 2.54. The van der Waals surface area contributed by atoms with Gasteiger partial charge in [0.25, 0.3) is 0 Å². The van der Waals surface area contributed by atoms with Crippen LogP contribution in [-0.4, -0.2) is 34.8 Å². The summed E-state index contributed by atoms with van der Waals surface area (Å²) in [5.41, 5.74) is 2.92. The highest BCUT2D eigenvalue weighted by Gasteiger charge is 2.11. The second kappa shape index (κ2) is 8.79. The number of fused-ring (bicyclic) bond motifs is 1. The number of H-pyrrole nitrogens is 1. The first-order valence-corrected chi connectivity index (χ1v) is 10.3. The van der Waals surface area contributed by atoms with Gasteiger partial charge < -0.3 is 5.32 Å². The normalized spacial score (nSPS) is 13.3. The second-order valence-electron chi connectivity index (χ2n) is 6.32. The molecule has 8 heteroatoms. The first-order chi connectivity index (χ1) is 13.5. The lowest BCUT2D eigenvalue weighted by molar-refractivity contribution is 0.688. The molecule has 1 atom stereocenters. The summed E-state index contributed by atoms with van der Waals surface area (Å²) in [5, 5.41) is 15.0. The molecule has 3 heterocycles. The van der Waals surface area contributed by atoms with Gasteiger partial charge in [0.05, 0.1) is 10.8 Å². The molecule has 7 nitrogen and oxygen atoms in total. The van der Waals surface area contributed by atoms with Gasteiger partial charge in [-0.25, -0.2) is 9.50 Å². The van der Waals surface area contributed by atoms with E-state index in [9.17, 15) is 4.21 Å². The topological polar surface area (TPSA) is 88.0 Å². The molecule has 0 saturated heterocycles. The molecule has 0 amide bonds. The number of hydrogen-bond donors (Lipinski definition) is 2. The first-order valence-electron chi connectivity index (χ1n) is 9.02. The number of rotatable bonds is 8. The van der Waals surface area contributed by atoms with Crippen LogP contribution < -0.4 is 5.32 Å². The molecule has 0 radical (unpaired) electrons. The third-order valence-corrected chi connectivity index (χ3v) is 5.36. The van der Waals surface area contributed by atoms with Gasteiger partial charge in [-0.2, -0.15) is 10.2 Å². The largest absolute Gasteiger partial charge is 0.322 e. The van der Waals surface area contributed by atoms with Gasteiger partial charge in [0, 0.05) is 35.0 Å². The summed E-state index contributed by atoms with van der Waals surface area (Å²) in [7, 11) is -1.06. The van der Waals surface area contributed by atoms with Crippen molar-refractivity contribution in [2.45, 2.75) is 27.2 Å². The molecule has 3 aromatic heterocycles. The van der Waals surface area contributed by atoms with Crippen molar-refractivity contribution in [1.29, 1.82) is 0 Å². The minimum absolute atomic E-state index is 0.462. The maximum Gasteiger partial charge on any atom is 0.159 e. The van der Waals surface area contributed by atoms with Crippen LogP contribution in [0.25, 0.3) is 5.52 Å². The van der Waals surface area contributed by atoms with Crippen molar-refractivity contribution in [3.05, 3.63) is 71.2 Å². The van der Waals surface area contributed by atoms with Crippen LogP contribution in [0.4, 0.5) is 11.6 Å². The fourth-order valence-electron chi connectivity index (χ4n) is 2.71. The standard InChI is InChI=1S/C20H24N6OS/c1-5-7-8-16(28(27)6-2)9-10-18-21-20(22-19-12-15(4)23-24-19)17-11-14(3)13-26(17)25-18/h5,7-9,11-13H,1,6,10H2,2-4H3,(H2,21,22,23,24,25)/b8-7-,16-9+. The molecule has 0 fully saturated rings. The van der Waals surface area contributed by atoms with Gasteiger partial charge in [0.1, 0.15) is 5.52 Å². The minimum Gasteiger partial charge on any atom is -0.322 e. The number of aryl methyl sites for hydroxylation is 2. The van der Waals surface area contributed by atoms with E-state index >= 15 is 0 Å². The van der Waals surface area contributed by atoms with E-state index in [0.29, 0.717) is 29.6 Å². The second-order valence-corrected chi connectivity index (χ2v) is 8.06. The molecular formula is C20H24N6OS. The number of hydrogen-bond acceptors (Lipinski definition) is 5. The molecule has 0 bridgehead atoms. The van der Waals surface area contributed by atoms with Crippen molar-refractivity contribution in [3.63, 3.8) is 0 Å². The monoisotopic (exact) mass is 396 g/mol. The van der Waals surface area contributed by atoms with Crippen molar-refractivity contribution in [2.75, 3.05) is 11.1 Å². The highest BCUT2D eigenvalue weighted by Crippen LogP contribution is 2.21. The maximum absolute atomic E-state index is 12.3. The van der Waals surface area contributed by atoms with Crippen LogP contribution in [0.2, 0.25) is 0 Å². The van der Waals surface area contributed by atoms with Crippen LogP contribution in [-0.2, 0) is 17.2 Å². The molecule has 0 aliphatic heterocycles. The zero-order chi connectivity index (χ0) is 20.1. The van der Waals surface area contributed by atoms with Gasteiger partial charge in [0.2, 0.25) is 0 Å². The molecule has 0 aliphatic carbocycles. The summed E-state index contributed by atoms with van der Waals surface area (Å²) in [6, 6.07) is 3.93. The summed E-state index contributed by atoms with van der Waals surface area (Å²) in [6.45, 7) is 9.52. The van der Waals surface area contributed by atoms with Crippen LogP contribution in [0.1, 0.15) is 24.0 Å². The highest BCUT2D eigenvalue weighted by atomic mass is 32.2. The first kappa shape index (κ1) is 19.8. The number of nitrogens with one attached hydrogen (secondary N) is 2. The van der Waals surface area contributed by atoms with Gasteiger partial charge in [-0.05, 0) is 31.6 Å². The third kappa shape index (κ3) is 4.64. The number of allylic oxidation sites excluding steroid dienone is 4. The number of nitrogens with zero attached hydrogens (tertiary/aromatic N) is 4. The zero-order valence-electron chi connectivity index (χ0n) is 16.3. The Morgan fingerprint density at radius 2 is 2.21 bits per heavy atom. The molecule has 28 heavy (non-hydrogen) atoms. The van der Waals surface area contributed by atoms with E-state index in [1.165, 1.54) is 0 Å². The molecule has 3 aromatic rings. The van der Waals surface area contributed by atoms with Gasteiger partial charge in [-0.3, -0.25) is 9.31 Å². The fourth-order valence-corrected chi connectivity index (χ4v) is 3.55. The van der Waals surface area contributed by atoms with Gasteiger partial charge in [-0.15, -0.1) is 0 Å². The van der Waals surface area contributed by atoms with Crippen LogP contribution in [0.15, 0.2) is 54.1 Å². The Morgan fingerprint density at radius 3 is 2.89 bits per heavy atom. The molecule has 3 rings (SSSR count). The fraction of sp³-hybridized carbons (Fsp3) is 0.250. The summed E-state index contributed by atoms with van der Waals surface area (Å²) in [6.07, 6.45) is 9.58. The number of aromatic amines is 1. The smallest absolute Gasteiger partial charge is 0.159 e.